The molecule has 2 aromatic rings. The number of halogens is 4. The molecule has 0 amide bonds. The van der Waals surface area contributed by atoms with E-state index in [0.29, 0.717) is 24.2 Å². The number of Topliss-reactive ketones (excluding diaryl/α,β-unsaturated/α-hetero) is 1. The minimum atomic E-state index is -4.67. The maximum Gasteiger partial charge on any atom is 0.407 e. The zero-order chi connectivity index (χ0) is 21.6. The summed E-state index contributed by atoms with van der Waals surface area (Å²) in [5.41, 5.74) is -0.237. The number of hydrogen-bond acceptors (Lipinski definition) is 2. The number of rotatable bonds is 4. The lowest BCUT2D eigenvalue weighted by atomic mass is 9.90. The van der Waals surface area contributed by atoms with Crippen LogP contribution in [-0.2, 0) is 23.8 Å². The molecule has 3 rings (SSSR count). The number of carbonyl (C=O) groups excluding carboxylic acids is 1. The van der Waals surface area contributed by atoms with Gasteiger partial charge in [0.25, 0.3) is 0 Å². The van der Waals surface area contributed by atoms with E-state index < -0.39 is 23.0 Å². The fourth-order valence-corrected chi connectivity index (χ4v) is 3.69. The number of fused-ring (bicyclic) bond motifs is 1. The highest BCUT2D eigenvalue weighted by molar-refractivity contribution is 5.93. The molecule has 0 unspecified atom stereocenters. The molecule has 29 heavy (non-hydrogen) atoms. The largest absolute Gasteiger partial charge is 0.407 e. The summed E-state index contributed by atoms with van der Waals surface area (Å²) >= 11 is 0. The predicted octanol–water partition coefficient (Wildman–Crippen LogP) is 5.66. The Balaban J connectivity index is 1.89. The number of nitrogens with zero attached hydrogens (tertiary/aromatic N) is 2. The van der Waals surface area contributed by atoms with E-state index in [1.807, 2.05) is 4.90 Å². The zero-order valence-electron chi connectivity index (χ0n) is 16.3. The molecule has 0 N–H and O–H groups in total. The highest BCUT2D eigenvalue weighted by atomic mass is 19.4. The smallest absolute Gasteiger partial charge is 0.359 e. The Morgan fingerprint density at radius 2 is 1.90 bits per heavy atom. The van der Waals surface area contributed by atoms with Crippen molar-refractivity contribution in [2.45, 2.75) is 45.3 Å². The molecule has 0 fully saturated rings. The van der Waals surface area contributed by atoms with Crippen molar-refractivity contribution in [1.29, 1.82) is 0 Å². The number of carbonyl (C=O) groups is 1. The molecule has 1 aliphatic rings. The first kappa shape index (κ1) is 20.8. The Hall–Kier alpha value is -2.88. The van der Waals surface area contributed by atoms with Gasteiger partial charge in [-0.25, -0.2) is 9.24 Å². The molecular weight excluding hydrogens is 384 g/mol. The number of aryl methyl sites for hydroxylation is 1. The van der Waals surface area contributed by atoms with Crippen molar-refractivity contribution >= 4 is 17.2 Å². The lowest BCUT2D eigenvalue weighted by Crippen LogP contribution is -2.50. The standard InChI is InChI=1S/C22H20F4N2O/c1-13-9-15-7-8-28(19(15)12-17(13)23)21(2,3)20(29)11-14-5-6-18(27-4)16(10-14)22(24,25)26/h5-6,9-10,12H,7-8,11H2,1-3H3. The second-order valence-corrected chi connectivity index (χ2v) is 7.75. The number of hydrogen-bond donors (Lipinski definition) is 0. The zero-order valence-corrected chi connectivity index (χ0v) is 16.3. The van der Waals surface area contributed by atoms with Crippen LogP contribution < -0.4 is 4.90 Å². The van der Waals surface area contributed by atoms with Crippen LogP contribution in [0.15, 0.2) is 30.3 Å². The van der Waals surface area contributed by atoms with Crippen LogP contribution in [0.25, 0.3) is 4.85 Å². The molecule has 2 aromatic carbocycles. The Bertz CT molecular complexity index is 1020. The minimum Gasteiger partial charge on any atom is -0.359 e. The third kappa shape index (κ3) is 3.84. The van der Waals surface area contributed by atoms with Gasteiger partial charge in [0, 0.05) is 18.7 Å². The molecule has 1 aliphatic heterocycles. The van der Waals surface area contributed by atoms with Crippen LogP contribution in [0.1, 0.15) is 36.1 Å². The highest BCUT2D eigenvalue weighted by Crippen LogP contribution is 2.38. The molecule has 0 atom stereocenters. The lowest BCUT2D eigenvalue weighted by molar-refractivity contribution is -0.137. The fourth-order valence-electron chi connectivity index (χ4n) is 3.69. The van der Waals surface area contributed by atoms with Crippen molar-refractivity contribution in [3.8, 4) is 0 Å². The molecular formula is C22H20F4N2O. The topological polar surface area (TPSA) is 24.7 Å². The van der Waals surface area contributed by atoms with Gasteiger partial charge < -0.3 is 4.90 Å². The third-order valence-electron chi connectivity index (χ3n) is 5.46. The van der Waals surface area contributed by atoms with E-state index in [9.17, 15) is 22.4 Å². The predicted molar refractivity (Wildman–Crippen MR) is 103 cm³/mol. The van der Waals surface area contributed by atoms with E-state index in [0.717, 1.165) is 17.7 Å². The number of anilines is 1. The summed E-state index contributed by atoms with van der Waals surface area (Å²) in [6.07, 6.45) is -4.21. The highest BCUT2D eigenvalue weighted by Gasteiger charge is 2.39. The van der Waals surface area contributed by atoms with Crippen molar-refractivity contribution in [1.82, 2.24) is 0 Å². The van der Waals surface area contributed by atoms with E-state index in [2.05, 4.69) is 4.85 Å². The van der Waals surface area contributed by atoms with Crippen LogP contribution in [0.5, 0.6) is 0 Å². The molecule has 0 saturated carbocycles. The molecule has 0 spiro atoms. The summed E-state index contributed by atoms with van der Waals surface area (Å²) in [6.45, 7) is 12.5. The van der Waals surface area contributed by atoms with Gasteiger partial charge in [0.15, 0.2) is 11.5 Å². The van der Waals surface area contributed by atoms with E-state index >= 15 is 0 Å². The summed E-state index contributed by atoms with van der Waals surface area (Å²) in [5, 5.41) is 0. The van der Waals surface area contributed by atoms with Gasteiger partial charge in [-0.3, -0.25) is 4.79 Å². The van der Waals surface area contributed by atoms with Crippen molar-refractivity contribution in [3.05, 3.63) is 69.8 Å². The Labute approximate surface area is 166 Å². The van der Waals surface area contributed by atoms with Gasteiger partial charge in [-0.2, -0.15) is 13.2 Å². The summed E-state index contributed by atoms with van der Waals surface area (Å²) in [7, 11) is 0. The maximum absolute atomic E-state index is 14.1. The molecule has 152 valence electrons. The van der Waals surface area contributed by atoms with Gasteiger partial charge in [-0.1, -0.05) is 24.3 Å². The molecule has 0 bridgehead atoms. The summed E-state index contributed by atoms with van der Waals surface area (Å²) in [6, 6.07) is 6.51. The van der Waals surface area contributed by atoms with Crippen molar-refractivity contribution in [2.75, 3.05) is 11.4 Å². The number of ketones is 1. The second-order valence-electron chi connectivity index (χ2n) is 7.75. The monoisotopic (exact) mass is 404 g/mol. The van der Waals surface area contributed by atoms with Crippen LogP contribution in [0.4, 0.5) is 28.9 Å². The van der Waals surface area contributed by atoms with Gasteiger partial charge in [0.05, 0.1) is 17.7 Å². The Morgan fingerprint density at radius 1 is 1.21 bits per heavy atom. The molecule has 7 heteroatoms. The van der Waals surface area contributed by atoms with Crippen molar-refractivity contribution in [3.63, 3.8) is 0 Å². The Morgan fingerprint density at radius 3 is 2.52 bits per heavy atom. The number of alkyl halides is 3. The fraction of sp³-hybridized carbons (Fsp3) is 0.364. The van der Waals surface area contributed by atoms with E-state index in [4.69, 9.17) is 6.57 Å². The first-order valence-electron chi connectivity index (χ1n) is 9.12. The quantitative estimate of drug-likeness (QED) is 0.485. The van der Waals surface area contributed by atoms with Crippen LogP contribution in [0.2, 0.25) is 0 Å². The van der Waals surface area contributed by atoms with Crippen molar-refractivity contribution in [2.24, 2.45) is 0 Å². The molecule has 0 aromatic heterocycles. The summed E-state index contributed by atoms with van der Waals surface area (Å²) in [5.74, 6) is -0.640. The third-order valence-corrected chi connectivity index (χ3v) is 5.46. The van der Waals surface area contributed by atoms with Crippen LogP contribution >= 0.6 is 0 Å². The SMILES string of the molecule is [C-]#[N+]c1ccc(CC(=O)C(C)(C)N2CCc3cc(C)c(F)cc32)cc1C(F)(F)F. The van der Waals surface area contributed by atoms with E-state index in [1.165, 1.54) is 12.1 Å². The average Bonchev–Trinajstić information content (AvgIpc) is 3.04. The summed E-state index contributed by atoms with van der Waals surface area (Å²) < 4.78 is 53.7. The Kier molecular flexibility index (Phi) is 5.16. The van der Waals surface area contributed by atoms with Crippen LogP contribution in [0.3, 0.4) is 0 Å². The van der Waals surface area contributed by atoms with Gasteiger partial charge in [0.1, 0.15) is 5.82 Å². The maximum atomic E-state index is 14.1. The average molecular weight is 404 g/mol. The number of benzene rings is 2. The molecule has 0 aliphatic carbocycles. The van der Waals surface area contributed by atoms with E-state index in [1.54, 1.807) is 26.8 Å². The van der Waals surface area contributed by atoms with Crippen molar-refractivity contribution < 1.29 is 22.4 Å². The molecule has 1 heterocycles. The normalized spacial score (nSPS) is 13.9. The van der Waals surface area contributed by atoms with Gasteiger partial charge >= 0.3 is 6.18 Å². The van der Waals surface area contributed by atoms with Gasteiger partial charge in [-0.15, -0.1) is 0 Å². The molecule has 3 nitrogen and oxygen atoms in total. The lowest BCUT2D eigenvalue weighted by Gasteiger charge is -2.36. The second kappa shape index (κ2) is 7.18. The first-order valence-corrected chi connectivity index (χ1v) is 9.12. The van der Waals surface area contributed by atoms with Crippen LogP contribution in [-0.4, -0.2) is 17.9 Å². The summed E-state index contributed by atoms with van der Waals surface area (Å²) in [4.78, 5) is 17.7. The van der Waals surface area contributed by atoms with Gasteiger partial charge in [0.2, 0.25) is 0 Å². The van der Waals surface area contributed by atoms with Crippen LogP contribution in [0, 0.1) is 19.3 Å². The minimum absolute atomic E-state index is 0.192. The first-order chi connectivity index (χ1) is 13.4. The van der Waals surface area contributed by atoms with Gasteiger partial charge in [-0.05, 0) is 49.9 Å². The van der Waals surface area contributed by atoms with E-state index in [-0.39, 0.29) is 23.6 Å². The molecule has 0 saturated heterocycles. The molecule has 0 radical (unpaired) electrons.